The fraction of sp³-hybridized carbons (Fsp3) is 0.185. The van der Waals surface area contributed by atoms with Crippen LogP contribution in [-0.4, -0.2) is 47.5 Å². The van der Waals surface area contributed by atoms with E-state index >= 15 is 0 Å². The Morgan fingerprint density at radius 2 is 1.58 bits per heavy atom. The number of rotatable bonds is 7. The van der Waals surface area contributed by atoms with E-state index in [1.807, 2.05) is 43.3 Å². The molecule has 0 unspecified atom stereocenters. The summed E-state index contributed by atoms with van der Waals surface area (Å²) in [4.78, 5) is 18.6. The largest absolute Gasteiger partial charge is 0.418 e. The summed E-state index contributed by atoms with van der Waals surface area (Å²) in [6, 6.07) is 19.7. The van der Waals surface area contributed by atoms with Crippen molar-refractivity contribution in [1.29, 1.82) is 0 Å². The topological polar surface area (TPSA) is 50.2 Å². The lowest BCUT2D eigenvalue weighted by Crippen LogP contribution is -2.31. The quantitative estimate of drug-likeness (QED) is 0.291. The van der Waals surface area contributed by atoms with E-state index in [2.05, 4.69) is 26.2 Å². The summed E-state index contributed by atoms with van der Waals surface area (Å²) in [5, 5.41) is 2.80. The van der Waals surface area contributed by atoms with Crippen LogP contribution in [0.5, 0.6) is 0 Å². The molecule has 0 spiro atoms. The smallest absolute Gasteiger partial charge is 0.349 e. The van der Waals surface area contributed by atoms with Crippen LogP contribution in [0.15, 0.2) is 83.5 Å². The van der Waals surface area contributed by atoms with Crippen LogP contribution in [-0.2, 0) is 6.18 Å². The number of benzene rings is 2. The first-order chi connectivity index (χ1) is 17.1. The van der Waals surface area contributed by atoms with Gasteiger partial charge in [-0.15, -0.1) is 0 Å². The Kier molecular flexibility index (Phi) is 7.61. The number of alkyl halides is 3. The molecule has 0 aliphatic heterocycles. The van der Waals surface area contributed by atoms with Gasteiger partial charge >= 0.3 is 6.18 Å². The molecule has 0 radical (unpaired) electrons. The predicted octanol–water partition coefficient (Wildman–Crippen LogP) is 6.28. The molecule has 5 nitrogen and oxygen atoms in total. The van der Waals surface area contributed by atoms with Crippen molar-refractivity contribution in [3.05, 3.63) is 94.7 Å². The molecule has 0 aliphatic carbocycles. The summed E-state index contributed by atoms with van der Waals surface area (Å²) < 4.78 is 44.4. The predicted molar refractivity (Wildman–Crippen MR) is 138 cm³/mol. The number of carbonyl (C=O) groups excluding carboxylic acids is 1. The van der Waals surface area contributed by atoms with Crippen LogP contribution in [0.1, 0.15) is 16.1 Å². The first-order valence-corrected chi connectivity index (χ1v) is 12.0. The minimum Gasteiger partial charge on any atom is -0.349 e. The second-order valence-electron chi connectivity index (χ2n) is 8.45. The minimum atomic E-state index is -4.54. The number of hydrogen-bond donors (Lipinski definition) is 1. The highest BCUT2D eigenvalue weighted by Crippen LogP contribution is 2.39. The van der Waals surface area contributed by atoms with Crippen LogP contribution >= 0.6 is 15.9 Å². The number of amides is 1. The van der Waals surface area contributed by atoms with E-state index in [-0.39, 0.29) is 17.3 Å². The van der Waals surface area contributed by atoms with E-state index in [4.69, 9.17) is 0 Å². The van der Waals surface area contributed by atoms with Crippen LogP contribution in [0, 0.1) is 0 Å². The number of hydrogen-bond acceptors (Lipinski definition) is 3. The SMILES string of the molecule is CN(C)CCNC(=O)c1ccc(-c2ccc(-c3ccc(Br)cc3)n2-c2ccccc2C(F)(F)F)cn1. The van der Waals surface area contributed by atoms with Crippen molar-refractivity contribution < 1.29 is 18.0 Å². The molecular weight excluding hydrogens is 533 g/mol. The van der Waals surface area contributed by atoms with Crippen LogP contribution in [0.2, 0.25) is 0 Å². The maximum Gasteiger partial charge on any atom is 0.418 e. The van der Waals surface area contributed by atoms with Crippen molar-refractivity contribution in [3.8, 4) is 28.2 Å². The van der Waals surface area contributed by atoms with E-state index in [1.54, 1.807) is 34.9 Å². The second kappa shape index (κ2) is 10.7. The molecule has 4 aromatic rings. The molecule has 186 valence electrons. The van der Waals surface area contributed by atoms with E-state index in [1.165, 1.54) is 18.3 Å². The molecule has 9 heteroatoms. The van der Waals surface area contributed by atoms with Crippen molar-refractivity contribution in [3.63, 3.8) is 0 Å². The minimum absolute atomic E-state index is 0.00780. The summed E-state index contributed by atoms with van der Waals surface area (Å²) in [6.07, 6.45) is -3.03. The van der Waals surface area contributed by atoms with Gasteiger partial charge in [0.1, 0.15) is 5.69 Å². The van der Waals surface area contributed by atoms with Gasteiger partial charge in [-0.05, 0) is 68.2 Å². The molecule has 4 rings (SSSR count). The molecule has 0 aliphatic rings. The number of para-hydroxylation sites is 1. The Labute approximate surface area is 215 Å². The fourth-order valence-electron chi connectivity index (χ4n) is 3.84. The number of likely N-dealkylation sites (N-methyl/N-ethyl adjacent to an activating group) is 1. The maximum atomic E-state index is 14.0. The molecule has 1 amide bonds. The molecule has 0 saturated carbocycles. The van der Waals surface area contributed by atoms with Crippen LogP contribution in [0.25, 0.3) is 28.2 Å². The van der Waals surface area contributed by atoms with Crippen molar-refractivity contribution in [2.24, 2.45) is 0 Å². The summed E-state index contributed by atoms with van der Waals surface area (Å²) in [7, 11) is 3.82. The normalized spacial score (nSPS) is 11.6. The Morgan fingerprint density at radius 1 is 0.944 bits per heavy atom. The highest BCUT2D eigenvalue weighted by Gasteiger charge is 2.34. The highest BCUT2D eigenvalue weighted by molar-refractivity contribution is 9.10. The van der Waals surface area contributed by atoms with E-state index in [0.29, 0.717) is 30.0 Å². The summed E-state index contributed by atoms with van der Waals surface area (Å²) in [6.45, 7) is 1.16. The molecular formula is C27H24BrF3N4O. The Hall–Kier alpha value is -3.43. The number of carbonyl (C=O) groups is 1. The van der Waals surface area contributed by atoms with Gasteiger partial charge in [0.2, 0.25) is 0 Å². The van der Waals surface area contributed by atoms with Gasteiger partial charge in [-0.1, -0.05) is 40.2 Å². The van der Waals surface area contributed by atoms with Gasteiger partial charge < -0.3 is 14.8 Å². The molecule has 1 N–H and O–H groups in total. The molecule has 2 heterocycles. The van der Waals surface area contributed by atoms with Gasteiger partial charge in [0.05, 0.1) is 22.6 Å². The number of pyridine rings is 1. The van der Waals surface area contributed by atoms with Gasteiger partial charge in [-0.25, -0.2) is 0 Å². The third-order valence-electron chi connectivity index (χ3n) is 5.61. The van der Waals surface area contributed by atoms with Gasteiger partial charge in [0, 0.05) is 29.3 Å². The van der Waals surface area contributed by atoms with Crippen LogP contribution < -0.4 is 5.32 Å². The number of halogens is 4. The number of nitrogens with zero attached hydrogens (tertiary/aromatic N) is 3. The van der Waals surface area contributed by atoms with E-state index < -0.39 is 11.7 Å². The van der Waals surface area contributed by atoms with Crippen LogP contribution in [0.4, 0.5) is 13.2 Å². The molecule has 0 saturated heterocycles. The lowest BCUT2D eigenvalue weighted by molar-refractivity contribution is -0.137. The summed E-state index contributed by atoms with van der Waals surface area (Å²) >= 11 is 3.40. The lowest BCUT2D eigenvalue weighted by Gasteiger charge is -2.19. The summed E-state index contributed by atoms with van der Waals surface area (Å²) in [5.74, 6) is -0.309. The van der Waals surface area contributed by atoms with Crippen molar-refractivity contribution in [2.45, 2.75) is 6.18 Å². The molecule has 0 bridgehead atoms. The number of nitrogens with one attached hydrogen (secondary N) is 1. The van der Waals surface area contributed by atoms with Crippen molar-refractivity contribution >= 4 is 21.8 Å². The zero-order valence-electron chi connectivity index (χ0n) is 19.7. The maximum absolute atomic E-state index is 14.0. The standard InChI is InChI=1S/C27H24BrF3N4O/c1-34(2)16-15-32-26(36)22-12-9-19(17-33-22)24-14-13-23(18-7-10-20(28)11-8-18)35(24)25-6-4-3-5-21(25)27(29,30)31/h3-14,17H,15-16H2,1-2H3,(H,32,36). The molecule has 36 heavy (non-hydrogen) atoms. The summed E-state index contributed by atoms with van der Waals surface area (Å²) in [5.41, 5.74) is 1.96. The molecule has 0 atom stereocenters. The molecule has 2 aromatic carbocycles. The van der Waals surface area contributed by atoms with Crippen LogP contribution in [0.3, 0.4) is 0 Å². The van der Waals surface area contributed by atoms with Gasteiger partial charge in [0.25, 0.3) is 5.91 Å². The van der Waals surface area contributed by atoms with Crippen molar-refractivity contribution in [1.82, 2.24) is 19.8 Å². The zero-order valence-corrected chi connectivity index (χ0v) is 21.3. The third-order valence-corrected chi connectivity index (χ3v) is 6.14. The van der Waals surface area contributed by atoms with Gasteiger partial charge in [-0.2, -0.15) is 13.2 Å². The zero-order chi connectivity index (χ0) is 25.9. The monoisotopic (exact) mass is 556 g/mol. The van der Waals surface area contributed by atoms with E-state index in [9.17, 15) is 18.0 Å². The Balaban J connectivity index is 1.79. The molecule has 0 fully saturated rings. The average Bonchev–Trinajstić information content (AvgIpc) is 3.29. The third kappa shape index (κ3) is 5.68. The first kappa shape index (κ1) is 25.7. The average molecular weight is 557 g/mol. The lowest BCUT2D eigenvalue weighted by atomic mass is 10.1. The van der Waals surface area contributed by atoms with E-state index in [0.717, 1.165) is 16.1 Å². The molecule has 2 aromatic heterocycles. The number of aromatic nitrogens is 2. The second-order valence-corrected chi connectivity index (χ2v) is 9.37. The van der Waals surface area contributed by atoms with Crippen molar-refractivity contribution in [2.75, 3.05) is 27.2 Å². The Morgan fingerprint density at radius 3 is 2.19 bits per heavy atom. The van der Waals surface area contributed by atoms with Gasteiger partial charge in [-0.3, -0.25) is 9.78 Å². The first-order valence-electron chi connectivity index (χ1n) is 11.2. The Bertz CT molecular complexity index is 1350. The highest BCUT2D eigenvalue weighted by atomic mass is 79.9. The van der Waals surface area contributed by atoms with Gasteiger partial charge in [0.15, 0.2) is 0 Å². The fourth-order valence-corrected chi connectivity index (χ4v) is 4.10.